The van der Waals surface area contributed by atoms with E-state index in [1.165, 1.54) is 18.4 Å². The molecule has 3 unspecified atom stereocenters. The van der Waals surface area contributed by atoms with Crippen LogP contribution >= 0.6 is 11.3 Å². The summed E-state index contributed by atoms with van der Waals surface area (Å²) in [5.74, 6) is -4.61. The number of carboxylic acids is 1. The predicted octanol–water partition coefficient (Wildman–Crippen LogP) is 7.14. The van der Waals surface area contributed by atoms with Crippen molar-refractivity contribution in [1.82, 2.24) is 25.4 Å². The number of benzene rings is 2. The molecule has 1 aliphatic carbocycles. The van der Waals surface area contributed by atoms with Gasteiger partial charge in [0, 0.05) is 37.4 Å². The van der Waals surface area contributed by atoms with Crippen molar-refractivity contribution in [3.8, 4) is 0 Å². The summed E-state index contributed by atoms with van der Waals surface area (Å²) in [6.45, 7) is 10.1. The van der Waals surface area contributed by atoms with Crippen molar-refractivity contribution in [2.45, 2.75) is 128 Å². The molecule has 60 heavy (non-hydrogen) atoms. The van der Waals surface area contributed by atoms with Crippen molar-refractivity contribution < 1.29 is 47.0 Å². The van der Waals surface area contributed by atoms with Gasteiger partial charge in [-0.1, -0.05) is 76.9 Å². The number of likely N-dealkylation sites (tertiary alicyclic amines) is 1. The monoisotopic (exact) mass is 855 g/mol. The second kappa shape index (κ2) is 20.2. The van der Waals surface area contributed by atoms with Crippen LogP contribution in [0.3, 0.4) is 0 Å². The van der Waals surface area contributed by atoms with E-state index in [2.05, 4.69) is 15.6 Å². The molecule has 5 rings (SSSR count). The topological polar surface area (TPSA) is 158 Å². The Kier molecular flexibility index (Phi) is 15.5. The molecular weight excluding hydrogens is 800 g/mol. The molecule has 326 valence electrons. The van der Waals surface area contributed by atoms with E-state index < -0.39 is 59.7 Å². The Labute approximate surface area is 353 Å². The number of rotatable bonds is 16. The number of likely N-dealkylation sites (N-methyl/N-ethyl adjacent to an activating group) is 1. The van der Waals surface area contributed by atoms with Crippen LogP contribution in [0.1, 0.15) is 123 Å². The molecule has 16 heteroatoms. The lowest BCUT2D eigenvalue weighted by Crippen LogP contribution is -2.58. The SMILES string of the molecule is CCC(C)C(NC(=O)C1CCCCN1C)C(=O)N(Cc1ccccc1)[C@H](C[C@@H](OC(C)=O)c1nc(C(=O)N[C@H]2Cc3ccc(C(F)(F)F)cc3[C@H](C(=O)O)C2)cs1)C(C)C. The number of fused-ring (bicyclic) bond motifs is 1. The highest BCUT2D eigenvalue weighted by Crippen LogP contribution is 2.38. The number of hydrogen-bond donors (Lipinski definition) is 3. The van der Waals surface area contributed by atoms with Gasteiger partial charge in [0.15, 0.2) is 6.10 Å². The lowest BCUT2D eigenvalue weighted by molar-refractivity contribution is -0.150. The Bertz CT molecular complexity index is 1990. The van der Waals surface area contributed by atoms with Crippen molar-refractivity contribution in [3.05, 3.63) is 86.9 Å². The van der Waals surface area contributed by atoms with Crippen LogP contribution in [0.25, 0.3) is 0 Å². The minimum atomic E-state index is -4.64. The highest BCUT2D eigenvalue weighted by atomic mass is 32.1. The Morgan fingerprint density at radius 2 is 1.78 bits per heavy atom. The van der Waals surface area contributed by atoms with Crippen LogP contribution in [0.2, 0.25) is 0 Å². The third-order valence-electron chi connectivity index (χ3n) is 11.8. The summed E-state index contributed by atoms with van der Waals surface area (Å²) >= 11 is 1.09. The molecule has 2 aliphatic rings. The van der Waals surface area contributed by atoms with Gasteiger partial charge in [-0.3, -0.25) is 28.9 Å². The number of carboxylic acid groups (broad SMARTS) is 1. The number of ether oxygens (including phenoxy) is 1. The van der Waals surface area contributed by atoms with Crippen molar-refractivity contribution >= 4 is 41.0 Å². The van der Waals surface area contributed by atoms with E-state index in [-0.39, 0.29) is 66.8 Å². The Hall–Kier alpha value is -4.83. The second-order valence-electron chi connectivity index (χ2n) is 16.4. The highest BCUT2D eigenvalue weighted by molar-refractivity contribution is 7.09. The van der Waals surface area contributed by atoms with Gasteiger partial charge in [0.2, 0.25) is 11.8 Å². The highest BCUT2D eigenvalue weighted by Gasteiger charge is 2.40. The zero-order valence-corrected chi connectivity index (χ0v) is 35.8. The maximum atomic E-state index is 15.0. The first-order valence-corrected chi connectivity index (χ1v) is 21.5. The van der Waals surface area contributed by atoms with Gasteiger partial charge in [-0.05, 0) is 79.9 Å². The van der Waals surface area contributed by atoms with Gasteiger partial charge in [0.25, 0.3) is 5.91 Å². The average molecular weight is 856 g/mol. The maximum absolute atomic E-state index is 15.0. The molecule has 1 saturated heterocycles. The van der Waals surface area contributed by atoms with Crippen LogP contribution < -0.4 is 10.6 Å². The Balaban J connectivity index is 1.40. The van der Waals surface area contributed by atoms with E-state index in [1.807, 2.05) is 70.0 Å². The third-order valence-corrected chi connectivity index (χ3v) is 12.7. The largest absolute Gasteiger partial charge is 0.481 e. The number of piperidine rings is 1. The molecule has 2 heterocycles. The zero-order chi connectivity index (χ0) is 43.9. The standard InChI is InChI=1S/C44H56F3N5O7S/c1-7-26(4)38(50-40(55)35-15-11-12-18-51(35)6)42(56)52(23-28-13-9-8-10-14-28)36(25(2)3)22-37(59-27(5)53)41-49-34(24-60-41)39(54)48-31-19-29-16-17-30(44(45,46)47)20-32(29)33(21-31)43(57)58/h8-10,13-14,16-17,20,24-26,31,33,35-38H,7,11-12,15,18-19,21-23H2,1-6H3,(H,48,54)(H,50,55)(H,57,58)/t26?,31-,33+,35?,36+,37+,38?/m0/s1. The van der Waals surface area contributed by atoms with Crippen molar-refractivity contribution in [1.29, 1.82) is 0 Å². The number of hydrogen-bond acceptors (Lipinski definition) is 9. The molecule has 1 fully saturated rings. The summed E-state index contributed by atoms with van der Waals surface area (Å²) < 4.78 is 46.2. The summed E-state index contributed by atoms with van der Waals surface area (Å²) in [5.41, 5.74) is 0.377. The van der Waals surface area contributed by atoms with Crippen molar-refractivity contribution in [2.24, 2.45) is 11.8 Å². The number of aliphatic carboxylic acids is 1. The lowest BCUT2D eigenvalue weighted by atomic mass is 9.79. The fourth-order valence-electron chi connectivity index (χ4n) is 8.22. The molecule has 0 saturated carbocycles. The summed E-state index contributed by atoms with van der Waals surface area (Å²) in [6.07, 6.45) is -2.24. The normalized spacial score (nSPS) is 20.3. The third kappa shape index (κ3) is 11.5. The predicted molar refractivity (Wildman–Crippen MR) is 220 cm³/mol. The van der Waals surface area contributed by atoms with Crippen LogP contribution in [-0.2, 0) is 43.1 Å². The first-order valence-electron chi connectivity index (χ1n) is 20.6. The van der Waals surface area contributed by atoms with Crippen LogP contribution in [-0.4, -0.2) is 87.3 Å². The second-order valence-corrected chi connectivity index (χ2v) is 17.3. The van der Waals surface area contributed by atoms with Gasteiger partial charge in [-0.15, -0.1) is 11.3 Å². The molecule has 3 amide bonds. The molecule has 0 radical (unpaired) electrons. The number of amides is 3. The summed E-state index contributed by atoms with van der Waals surface area (Å²) in [5, 5.41) is 17.7. The average Bonchev–Trinajstić information content (AvgIpc) is 3.70. The van der Waals surface area contributed by atoms with Crippen molar-refractivity contribution in [2.75, 3.05) is 13.6 Å². The minimum Gasteiger partial charge on any atom is -0.481 e. The van der Waals surface area contributed by atoms with E-state index in [0.29, 0.717) is 23.4 Å². The first-order chi connectivity index (χ1) is 28.4. The zero-order valence-electron chi connectivity index (χ0n) is 35.0. The molecule has 3 aromatic rings. The van der Waals surface area contributed by atoms with Gasteiger partial charge in [0.1, 0.15) is 16.7 Å². The van der Waals surface area contributed by atoms with Crippen LogP contribution in [0.15, 0.2) is 53.9 Å². The molecule has 2 aromatic carbocycles. The number of alkyl halides is 3. The number of aromatic nitrogens is 1. The summed E-state index contributed by atoms with van der Waals surface area (Å²) in [7, 11) is 1.92. The lowest BCUT2D eigenvalue weighted by Gasteiger charge is -2.40. The van der Waals surface area contributed by atoms with E-state index >= 15 is 0 Å². The summed E-state index contributed by atoms with van der Waals surface area (Å²) in [6, 6.07) is 10.1. The molecule has 1 aromatic heterocycles. The number of esters is 1. The Morgan fingerprint density at radius 3 is 2.40 bits per heavy atom. The van der Waals surface area contributed by atoms with Gasteiger partial charge < -0.3 is 25.4 Å². The maximum Gasteiger partial charge on any atom is 0.416 e. The molecule has 3 N–H and O–H groups in total. The van der Waals surface area contributed by atoms with Gasteiger partial charge in [-0.2, -0.15) is 13.2 Å². The number of halogens is 3. The van der Waals surface area contributed by atoms with E-state index in [0.717, 1.165) is 48.4 Å². The fourth-order valence-corrected chi connectivity index (χ4v) is 9.06. The molecule has 12 nitrogen and oxygen atoms in total. The van der Waals surface area contributed by atoms with E-state index in [9.17, 15) is 42.3 Å². The fraction of sp³-hybridized carbons (Fsp3) is 0.545. The number of carbonyl (C=O) groups excluding carboxylic acids is 4. The van der Waals surface area contributed by atoms with Crippen LogP contribution in [0, 0.1) is 11.8 Å². The molecular formula is C44H56F3N5O7S. The van der Waals surface area contributed by atoms with Gasteiger partial charge in [0.05, 0.1) is 17.5 Å². The first kappa shape index (κ1) is 46.2. The van der Waals surface area contributed by atoms with Crippen LogP contribution in [0.4, 0.5) is 13.2 Å². The molecule has 0 bridgehead atoms. The van der Waals surface area contributed by atoms with E-state index in [1.54, 1.807) is 4.90 Å². The summed E-state index contributed by atoms with van der Waals surface area (Å²) in [4.78, 5) is 75.5. The number of carbonyl (C=O) groups is 5. The van der Waals surface area contributed by atoms with Crippen molar-refractivity contribution in [3.63, 3.8) is 0 Å². The molecule has 0 spiro atoms. The number of nitrogens with zero attached hydrogens (tertiary/aromatic N) is 3. The van der Waals surface area contributed by atoms with E-state index in [4.69, 9.17) is 4.74 Å². The smallest absolute Gasteiger partial charge is 0.416 e. The minimum absolute atomic E-state index is 0.0113. The molecule has 1 aliphatic heterocycles. The Morgan fingerprint density at radius 1 is 1.07 bits per heavy atom. The number of nitrogens with one attached hydrogen (secondary N) is 2. The quantitative estimate of drug-likeness (QED) is 0.128. The van der Waals surface area contributed by atoms with Gasteiger partial charge in [-0.25, -0.2) is 4.98 Å². The molecule has 7 atom stereocenters. The van der Waals surface area contributed by atoms with Gasteiger partial charge >= 0.3 is 18.1 Å². The van der Waals surface area contributed by atoms with Crippen LogP contribution in [0.5, 0.6) is 0 Å². The number of thiazole rings is 1.